The summed E-state index contributed by atoms with van der Waals surface area (Å²) in [5, 5.41) is 0. The zero-order chi connectivity index (χ0) is 18.0. The van der Waals surface area contributed by atoms with Crippen LogP contribution in [0.3, 0.4) is 0 Å². The molecule has 0 amide bonds. The van der Waals surface area contributed by atoms with Crippen molar-refractivity contribution in [2.24, 2.45) is 7.05 Å². The standard InChI is InChI=1S/C19H18BrN3O2/c1-22-17(13-5-9-16(25-2)10-6-13)11-23(19(22)21)12-18(24)14-3-7-15(20)8-4-14/h3-11,21H,12H2,1-2H3/p+1. The Morgan fingerprint density at radius 2 is 1.80 bits per heavy atom. The number of nitrogen functional groups attached to an aromatic ring is 1. The van der Waals surface area contributed by atoms with E-state index in [1.54, 1.807) is 23.8 Å². The van der Waals surface area contributed by atoms with Gasteiger partial charge in [0.05, 0.1) is 14.2 Å². The number of hydrogen-bond donors (Lipinski definition) is 1. The Kier molecular flexibility index (Phi) is 4.90. The average Bonchev–Trinajstić information content (AvgIpc) is 2.91. The number of anilines is 1. The number of ketones is 1. The summed E-state index contributed by atoms with van der Waals surface area (Å²) in [5.41, 5.74) is 8.78. The summed E-state index contributed by atoms with van der Waals surface area (Å²) in [5.74, 6) is 1.33. The van der Waals surface area contributed by atoms with E-state index in [-0.39, 0.29) is 12.3 Å². The van der Waals surface area contributed by atoms with Gasteiger partial charge in [-0.05, 0) is 36.4 Å². The molecule has 0 unspecified atom stereocenters. The monoisotopic (exact) mass is 400 g/mol. The lowest BCUT2D eigenvalue weighted by Crippen LogP contribution is -2.39. The van der Waals surface area contributed by atoms with Gasteiger partial charge >= 0.3 is 5.95 Å². The number of imidazole rings is 1. The molecule has 0 aliphatic heterocycles. The summed E-state index contributed by atoms with van der Waals surface area (Å²) in [4.78, 5) is 12.5. The molecular weight excluding hydrogens is 382 g/mol. The molecule has 0 atom stereocenters. The topological polar surface area (TPSA) is 61.1 Å². The number of hydrogen-bond acceptors (Lipinski definition) is 3. The van der Waals surface area contributed by atoms with Gasteiger partial charge in [0.15, 0.2) is 5.78 Å². The quantitative estimate of drug-likeness (QED) is 0.528. The molecule has 6 heteroatoms. The lowest BCUT2D eigenvalue weighted by molar-refractivity contribution is -0.667. The van der Waals surface area contributed by atoms with Crippen molar-refractivity contribution in [2.45, 2.75) is 6.54 Å². The summed E-state index contributed by atoms with van der Waals surface area (Å²) in [6, 6.07) is 15.0. The number of rotatable bonds is 5. The zero-order valence-electron chi connectivity index (χ0n) is 14.1. The van der Waals surface area contributed by atoms with Gasteiger partial charge in [-0.1, -0.05) is 28.1 Å². The van der Waals surface area contributed by atoms with Gasteiger partial charge in [0.25, 0.3) is 0 Å². The molecule has 1 heterocycles. The van der Waals surface area contributed by atoms with Gasteiger partial charge in [-0.15, -0.1) is 0 Å². The number of aromatic nitrogens is 2. The van der Waals surface area contributed by atoms with Crippen LogP contribution in [0.15, 0.2) is 59.2 Å². The third-order valence-corrected chi connectivity index (χ3v) is 4.67. The molecule has 1 aromatic heterocycles. The van der Waals surface area contributed by atoms with Crippen LogP contribution in [0.2, 0.25) is 0 Å². The molecule has 128 valence electrons. The molecule has 0 saturated carbocycles. The first-order valence-corrected chi connectivity index (χ1v) is 8.56. The minimum absolute atomic E-state index is 0.0103. The second-order valence-corrected chi connectivity index (χ2v) is 6.63. The van der Waals surface area contributed by atoms with Gasteiger partial charge in [-0.2, -0.15) is 0 Å². The number of Topliss-reactive ketones (excluding diaryl/α,β-unsaturated/α-hetero) is 1. The molecule has 0 spiro atoms. The van der Waals surface area contributed by atoms with Crippen molar-refractivity contribution < 1.29 is 14.1 Å². The average molecular weight is 401 g/mol. The lowest BCUT2D eigenvalue weighted by Gasteiger charge is -2.01. The van der Waals surface area contributed by atoms with E-state index in [1.807, 2.05) is 54.2 Å². The molecule has 2 aromatic carbocycles. The first-order valence-electron chi connectivity index (χ1n) is 7.77. The van der Waals surface area contributed by atoms with Crippen molar-refractivity contribution in [3.63, 3.8) is 0 Å². The normalized spacial score (nSPS) is 10.7. The number of benzene rings is 2. The zero-order valence-corrected chi connectivity index (χ0v) is 15.7. The van der Waals surface area contributed by atoms with Crippen LogP contribution in [0.4, 0.5) is 5.95 Å². The van der Waals surface area contributed by atoms with E-state index in [0.717, 1.165) is 21.5 Å². The minimum atomic E-state index is 0.0103. The van der Waals surface area contributed by atoms with Crippen LogP contribution in [0.25, 0.3) is 11.3 Å². The van der Waals surface area contributed by atoms with Crippen molar-refractivity contribution in [3.05, 3.63) is 64.8 Å². The van der Waals surface area contributed by atoms with E-state index >= 15 is 0 Å². The molecule has 25 heavy (non-hydrogen) atoms. The number of halogens is 1. The highest BCUT2D eigenvalue weighted by atomic mass is 79.9. The van der Waals surface area contributed by atoms with Gasteiger partial charge in [-0.3, -0.25) is 10.5 Å². The molecule has 3 rings (SSSR count). The van der Waals surface area contributed by atoms with Crippen LogP contribution >= 0.6 is 15.9 Å². The fourth-order valence-corrected chi connectivity index (χ4v) is 2.92. The molecule has 3 aromatic rings. The smallest absolute Gasteiger partial charge is 0.355 e. The number of ether oxygens (including phenoxy) is 1. The maximum Gasteiger partial charge on any atom is 0.355 e. The van der Waals surface area contributed by atoms with Crippen LogP contribution in [0, 0.1) is 0 Å². The molecule has 2 N–H and O–H groups in total. The van der Waals surface area contributed by atoms with Gasteiger partial charge in [0.2, 0.25) is 0 Å². The molecule has 0 bridgehead atoms. The Labute approximate surface area is 154 Å². The third kappa shape index (κ3) is 3.58. The number of methoxy groups -OCH3 is 1. The number of nitrogens with two attached hydrogens (primary N) is 1. The molecule has 0 saturated heterocycles. The maximum absolute atomic E-state index is 12.5. The summed E-state index contributed by atoms with van der Waals surface area (Å²) in [6.45, 7) is 0.192. The molecule has 0 fully saturated rings. The molecule has 0 radical (unpaired) electrons. The maximum atomic E-state index is 12.5. The highest BCUT2D eigenvalue weighted by molar-refractivity contribution is 9.10. The van der Waals surface area contributed by atoms with Gasteiger partial charge in [0.1, 0.15) is 24.2 Å². The number of carbonyl (C=O) groups excluding carboxylic acids is 1. The molecule has 0 aliphatic carbocycles. The Morgan fingerprint density at radius 1 is 1.16 bits per heavy atom. The first kappa shape index (κ1) is 17.2. The van der Waals surface area contributed by atoms with Crippen molar-refractivity contribution >= 4 is 27.7 Å². The predicted octanol–water partition coefficient (Wildman–Crippen LogP) is 3.22. The second-order valence-electron chi connectivity index (χ2n) is 5.72. The summed E-state index contributed by atoms with van der Waals surface area (Å²) in [7, 11) is 3.52. The van der Waals surface area contributed by atoms with Gasteiger partial charge in [-0.25, -0.2) is 9.13 Å². The van der Waals surface area contributed by atoms with E-state index in [4.69, 9.17) is 10.5 Å². The van der Waals surface area contributed by atoms with Crippen molar-refractivity contribution in [1.29, 1.82) is 0 Å². The third-order valence-electron chi connectivity index (χ3n) is 4.14. The Morgan fingerprint density at radius 3 is 2.40 bits per heavy atom. The van der Waals surface area contributed by atoms with E-state index in [0.29, 0.717) is 11.5 Å². The molecular formula is C19H19BrN3O2+. The van der Waals surface area contributed by atoms with Gasteiger partial charge < -0.3 is 4.74 Å². The SMILES string of the molecule is COc1ccc(-c2c[n+](CC(=O)c3ccc(Br)cc3)c(N)n2C)cc1. The molecule has 0 aliphatic rings. The van der Waals surface area contributed by atoms with Crippen LogP contribution in [0.5, 0.6) is 5.75 Å². The number of carbonyl (C=O) groups is 1. The first-order chi connectivity index (χ1) is 12.0. The Bertz CT molecular complexity index is 900. The van der Waals surface area contributed by atoms with Crippen molar-refractivity contribution in [3.8, 4) is 17.0 Å². The highest BCUT2D eigenvalue weighted by Gasteiger charge is 2.20. The Hall–Kier alpha value is -2.60. The van der Waals surface area contributed by atoms with E-state index in [2.05, 4.69) is 15.9 Å². The van der Waals surface area contributed by atoms with Crippen molar-refractivity contribution in [1.82, 2.24) is 4.57 Å². The van der Waals surface area contributed by atoms with Crippen LogP contribution in [-0.4, -0.2) is 17.5 Å². The van der Waals surface area contributed by atoms with E-state index in [1.165, 1.54) is 0 Å². The summed E-state index contributed by atoms with van der Waals surface area (Å²) >= 11 is 3.37. The summed E-state index contributed by atoms with van der Waals surface area (Å²) < 4.78 is 9.77. The lowest BCUT2D eigenvalue weighted by atomic mass is 10.1. The fraction of sp³-hybridized carbons (Fsp3) is 0.158. The van der Waals surface area contributed by atoms with Gasteiger partial charge in [0, 0.05) is 15.6 Å². The summed E-state index contributed by atoms with van der Waals surface area (Å²) in [6.07, 6.45) is 1.90. The largest absolute Gasteiger partial charge is 0.497 e. The second kappa shape index (κ2) is 7.11. The van der Waals surface area contributed by atoms with E-state index in [9.17, 15) is 4.79 Å². The fourth-order valence-electron chi connectivity index (χ4n) is 2.65. The van der Waals surface area contributed by atoms with Crippen molar-refractivity contribution in [2.75, 3.05) is 12.8 Å². The number of nitrogens with zero attached hydrogens (tertiary/aromatic N) is 2. The highest BCUT2D eigenvalue weighted by Crippen LogP contribution is 2.23. The minimum Gasteiger partial charge on any atom is -0.497 e. The van der Waals surface area contributed by atoms with Crippen LogP contribution < -0.4 is 15.0 Å². The van der Waals surface area contributed by atoms with Crippen LogP contribution in [0.1, 0.15) is 10.4 Å². The predicted molar refractivity (Wildman–Crippen MR) is 100 cm³/mol. The van der Waals surface area contributed by atoms with Crippen LogP contribution in [-0.2, 0) is 13.6 Å². The Balaban J connectivity index is 1.87. The molecule has 5 nitrogen and oxygen atoms in total. The van der Waals surface area contributed by atoms with E-state index < -0.39 is 0 Å².